The number of furan rings is 1. The number of amides is 2. The van der Waals surface area contributed by atoms with Crippen LogP contribution in [-0.2, 0) is 11.3 Å². The first kappa shape index (κ1) is 21.0. The molecule has 2 aromatic heterocycles. The van der Waals surface area contributed by atoms with E-state index in [0.29, 0.717) is 30.2 Å². The van der Waals surface area contributed by atoms with E-state index in [-0.39, 0.29) is 17.9 Å². The van der Waals surface area contributed by atoms with E-state index in [4.69, 9.17) is 4.42 Å². The van der Waals surface area contributed by atoms with Crippen LogP contribution in [0.2, 0.25) is 0 Å². The van der Waals surface area contributed by atoms with Crippen molar-refractivity contribution in [3.05, 3.63) is 41.8 Å². The molecule has 0 unspecified atom stereocenters. The van der Waals surface area contributed by atoms with Gasteiger partial charge in [0.2, 0.25) is 5.91 Å². The SMILES string of the molecule is C[C@@]1(C(=O)NC2CCCC2)Cn2nc(-c3ccco3)cc2C(=O)N1CCC1=CCCCC1. The number of nitrogens with one attached hydrogen (secondary N) is 1. The summed E-state index contributed by atoms with van der Waals surface area (Å²) in [7, 11) is 0. The number of carbonyl (C=O) groups is 2. The van der Waals surface area contributed by atoms with Crippen molar-refractivity contribution in [2.45, 2.75) is 82.8 Å². The molecule has 3 heterocycles. The number of allylic oxidation sites excluding steroid dienone is 1. The number of rotatable bonds is 6. The molecule has 7 heteroatoms. The van der Waals surface area contributed by atoms with Crippen molar-refractivity contribution < 1.29 is 14.0 Å². The molecule has 1 fully saturated rings. The Morgan fingerprint density at radius 3 is 2.84 bits per heavy atom. The van der Waals surface area contributed by atoms with E-state index in [1.165, 1.54) is 18.4 Å². The minimum Gasteiger partial charge on any atom is -0.463 e. The van der Waals surface area contributed by atoms with Crippen molar-refractivity contribution in [2.75, 3.05) is 6.54 Å². The fourth-order valence-electron chi connectivity index (χ4n) is 5.33. The first-order valence-corrected chi connectivity index (χ1v) is 12.0. The fourth-order valence-corrected chi connectivity index (χ4v) is 5.33. The molecule has 32 heavy (non-hydrogen) atoms. The van der Waals surface area contributed by atoms with E-state index < -0.39 is 5.54 Å². The molecule has 0 aromatic carbocycles. The average molecular weight is 437 g/mol. The standard InChI is InChI=1S/C25H32N4O3/c1-25(24(31)26-19-10-5-6-11-19)17-29-21(16-20(27-29)22-12-7-15-32-22)23(30)28(25)14-13-18-8-3-2-4-9-18/h7-8,12,15-16,19H,2-6,9-11,13-14,17H2,1H3,(H,26,31)/t25-/m0/s1. The highest BCUT2D eigenvalue weighted by Crippen LogP contribution is 2.32. The first-order valence-electron chi connectivity index (χ1n) is 12.0. The van der Waals surface area contributed by atoms with Gasteiger partial charge in [-0.05, 0) is 64.0 Å². The molecule has 0 spiro atoms. The summed E-state index contributed by atoms with van der Waals surface area (Å²) in [4.78, 5) is 29.0. The molecule has 1 atom stereocenters. The van der Waals surface area contributed by atoms with Gasteiger partial charge in [-0.3, -0.25) is 14.3 Å². The molecular formula is C25H32N4O3. The molecule has 2 aromatic rings. The molecule has 5 rings (SSSR count). The van der Waals surface area contributed by atoms with Gasteiger partial charge in [-0.2, -0.15) is 5.10 Å². The molecule has 2 amide bonds. The Labute approximate surface area is 188 Å². The quantitative estimate of drug-likeness (QED) is 0.685. The zero-order chi connectivity index (χ0) is 22.1. The Morgan fingerprint density at radius 2 is 2.12 bits per heavy atom. The minimum atomic E-state index is -0.978. The molecule has 2 aliphatic carbocycles. The van der Waals surface area contributed by atoms with Gasteiger partial charge in [0.05, 0.1) is 12.8 Å². The third-order valence-corrected chi connectivity index (χ3v) is 7.29. The van der Waals surface area contributed by atoms with Gasteiger partial charge in [0.15, 0.2) is 5.76 Å². The fraction of sp³-hybridized carbons (Fsp3) is 0.560. The molecular weight excluding hydrogens is 404 g/mol. The van der Waals surface area contributed by atoms with E-state index in [1.807, 2.05) is 13.0 Å². The molecule has 7 nitrogen and oxygen atoms in total. The summed E-state index contributed by atoms with van der Waals surface area (Å²) >= 11 is 0. The van der Waals surface area contributed by atoms with E-state index in [1.54, 1.807) is 28.0 Å². The highest BCUT2D eigenvalue weighted by Gasteiger charge is 2.48. The van der Waals surface area contributed by atoms with E-state index in [0.717, 1.165) is 44.9 Å². The maximum atomic E-state index is 13.7. The van der Waals surface area contributed by atoms with Crippen LogP contribution >= 0.6 is 0 Å². The monoisotopic (exact) mass is 436 g/mol. The molecule has 1 N–H and O–H groups in total. The third kappa shape index (κ3) is 3.89. The number of aromatic nitrogens is 2. The number of hydrogen-bond acceptors (Lipinski definition) is 4. The Morgan fingerprint density at radius 1 is 1.28 bits per heavy atom. The van der Waals surface area contributed by atoms with E-state index >= 15 is 0 Å². The van der Waals surface area contributed by atoms with Crippen LogP contribution < -0.4 is 5.32 Å². The van der Waals surface area contributed by atoms with Crippen molar-refractivity contribution in [1.29, 1.82) is 0 Å². The van der Waals surface area contributed by atoms with Crippen LogP contribution in [0.25, 0.3) is 11.5 Å². The van der Waals surface area contributed by atoms with Crippen LogP contribution in [0.1, 0.15) is 75.2 Å². The second-order valence-electron chi connectivity index (χ2n) is 9.59. The predicted octanol–water partition coefficient (Wildman–Crippen LogP) is 4.31. The first-order chi connectivity index (χ1) is 15.5. The zero-order valence-corrected chi connectivity index (χ0v) is 18.8. The second kappa shape index (κ2) is 8.60. The summed E-state index contributed by atoms with van der Waals surface area (Å²) in [6.45, 7) is 2.77. The van der Waals surface area contributed by atoms with Gasteiger partial charge >= 0.3 is 0 Å². The molecule has 170 valence electrons. The highest BCUT2D eigenvalue weighted by atomic mass is 16.3. The van der Waals surface area contributed by atoms with Gasteiger partial charge in [0.1, 0.15) is 16.9 Å². The zero-order valence-electron chi connectivity index (χ0n) is 18.8. The van der Waals surface area contributed by atoms with Crippen molar-refractivity contribution in [3.8, 4) is 11.5 Å². The summed E-state index contributed by atoms with van der Waals surface area (Å²) in [5, 5.41) is 7.86. The molecule has 3 aliphatic rings. The maximum Gasteiger partial charge on any atom is 0.273 e. The third-order valence-electron chi connectivity index (χ3n) is 7.29. The summed E-state index contributed by atoms with van der Waals surface area (Å²) in [6, 6.07) is 5.62. The van der Waals surface area contributed by atoms with Crippen molar-refractivity contribution in [3.63, 3.8) is 0 Å². The van der Waals surface area contributed by atoms with Gasteiger partial charge < -0.3 is 14.6 Å². The molecule has 0 saturated heterocycles. The average Bonchev–Trinajstić information content (AvgIpc) is 3.56. The van der Waals surface area contributed by atoms with Gasteiger partial charge in [-0.1, -0.05) is 24.5 Å². The van der Waals surface area contributed by atoms with Crippen LogP contribution in [-0.4, -0.2) is 44.6 Å². The lowest BCUT2D eigenvalue weighted by Gasteiger charge is -2.44. The summed E-state index contributed by atoms with van der Waals surface area (Å²) in [5.41, 5.74) is 1.56. The van der Waals surface area contributed by atoms with Crippen LogP contribution in [0.4, 0.5) is 0 Å². The molecule has 1 saturated carbocycles. The van der Waals surface area contributed by atoms with E-state index in [9.17, 15) is 9.59 Å². The van der Waals surface area contributed by atoms with Crippen LogP contribution in [0.5, 0.6) is 0 Å². The second-order valence-corrected chi connectivity index (χ2v) is 9.59. The molecule has 0 bridgehead atoms. The Bertz CT molecular complexity index is 1020. The van der Waals surface area contributed by atoms with Crippen LogP contribution in [0.3, 0.4) is 0 Å². The smallest absolute Gasteiger partial charge is 0.273 e. The Balaban J connectivity index is 1.44. The highest BCUT2D eigenvalue weighted by molar-refractivity contribution is 6.00. The number of hydrogen-bond donors (Lipinski definition) is 1. The number of fused-ring (bicyclic) bond motifs is 1. The predicted molar refractivity (Wildman–Crippen MR) is 121 cm³/mol. The summed E-state index contributed by atoms with van der Waals surface area (Å²) in [5.74, 6) is 0.411. The lowest BCUT2D eigenvalue weighted by molar-refractivity contribution is -0.133. The number of carbonyl (C=O) groups excluding carboxylic acids is 2. The molecule has 0 radical (unpaired) electrons. The molecule has 1 aliphatic heterocycles. The van der Waals surface area contributed by atoms with Crippen LogP contribution in [0, 0.1) is 0 Å². The van der Waals surface area contributed by atoms with Crippen molar-refractivity contribution in [2.24, 2.45) is 0 Å². The largest absolute Gasteiger partial charge is 0.463 e. The Kier molecular flexibility index (Phi) is 5.66. The summed E-state index contributed by atoms with van der Waals surface area (Å²) in [6.07, 6.45) is 13.7. The van der Waals surface area contributed by atoms with E-state index in [2.05, 4.69) is 16.5 Å². The lowest BCUT2D eigenvalue weighted by Crippen LogP contribution is -2.65. The minimum absolute atomic E-state index is 0.0731. The topological polar surface area (TPSA) is 80.4 Å². The normalized spacial score (nSPS) is 23.8. The number of nitrogens with zero attached hydrogens (tertiary/aromatic N) is 3. The lowest BCUT2D eigenvalue weighted by atomic mass is 9.92. The van der Waals surface area contributed by atoms with Crippen molar-refractivity contribution in [1.82, 2.24) is 20.0 Å². The maximum absolute atomic E-state index is 13.7. The van der Waals surface area contributed by atoms with Gasteiger partial charge in [-0.25, -0.2) is 0 Å². The van der Waals surface area contributed by atoms with Gasteiger partial charge in [-0.15, -0.1) is 0 Å². The van der Waals surface area contributed by atoms with Gasteiger partial charge in [0.25, 0.3) is 5.91 Å². The van der Waals surface area contributed by atoms with Crippen LogP contribution in [0.15, 0.2) is 40.5 Å². The van der Waals surface area contributed by atoms with Crippen molar-refractivity contribution >= 4 is 11.8 Å². The van der Waals surface area contributed by atoms with Gasteiger partial charge in [0, 0.05) is 18.7 Å². The summed E-state index contributed by atoms with van der Waals surface area (Å²) < 4.78 is 7.17. The Hall–Kier alpha value is -2.83.